The van der Waals surface area contributed by atoms with Crippen LogP contribution in [0.2, 0.25) is 0 Å². The largest absolute Gasteiger partial charge is 0.359 e. The van der Waals surface area contributed by atoms with Gasteiger partial charge in [-0.1, -0.05) is 20.3 Å². The molecule has 1 aromatic rings. The molecule has 0 fully saturated rings. The maximum atomic E-state index is 4.55. The quantitative estimate of drug-likeness (QED) is 0.787. The molecule has 0 unspecified atom stereocenters. The maximum Gasteiger partial charge on any atom is 0.136 e. The minimum atomic E-state index is 0.836. The summed E-state index contributed by atoms with van der Waals surface area (Å²) in [5.74, 6) is 1.90. The number of unbranched alkanes of at least 4 members (excludes halogenated alkanes) is 1. The van der Waals surface area contributed by atoms with Crippen molar-refractivity contribution in [3.63, 3.8) is 0 Å². The first-order valence-electron chi connectivity index (χ1n) is 6.43. The molecular formula is C13H24N4. The maximum absolute atomic E-state index is 4.55. The lowest BCUT2D eigenvalue weighted by Gasteiger charge is -2.21. The van der Waals surface area contributed by atoms with Gasteiger partial charge >= 0.3 is 0 Å². The van der Waals surface area contributed by atoms with Gasteiger partial charge in [-0.15, -0.1) is 0 Å². The first-order chi connectivity index (χ1) is 8.19. The van der Waals surface area contributed by atoms with Crippen LogP contribution < -0.4 is 10.2 Å². The second-order valence-electron chi connectivity index (χ2n) is 4.32. The Hall–Kier alpha value is -1.16. The zero-order valence-corrected chi connectivity index (χ0v) is 11.5. The predicted octanol–water partition coefficient (Wildman–Crippen LogP) is 2.13. The Bertz CT molecular complexity index is 338. The van der Waals surface area contributed by atoms with E-state index < -0.39 is 0 Å². The molecule has 1 rings (SSSR count). The molecule has 0 aliphatic heterocycles. The van der Waals surface area contributed by atoms with E-state index in [2.05, 4.69) is 41.1 Å². The Labute approximate surface area is 104 Å². The molecule has 0 spiro atoms. The number of hydrogen-bond donors (Lipinski definition) is 1. The van der Waals surface area contributed by atoms with Crippen LogP contribution in [0.3, 0.4) is 0 Å². The Morgan fingerprint density at radius 3 is 2.76 bits per heavy atom. The van der Waals surface area contributed by atoms with Crippen molar-refractivity contribution in [3.8, 4) is 0 Å². The third kappa shape index (κ3) is 4.30. The van der Waals surface area contributed by atoms with Gasteiger partial charge < -0.3 is 10.2 Å². The van der Waals surface area contributed by atoms with Gasteiger partial charge in [0.05, 0.1) is 0 Å². The van der Waals surface area contributed by atoms with E-state index in [9.17, 15) is 0 Å². The van der Waals surface area contributed by atoms with Crippen molar-refractivity contribution in [3.05, 3.63) is 17.6 Å². The number of aryl methyl sites for hydroxylation is 1. The monoisotopic (exact) mass is 236 g/mol. The van der Waals surface area contributed by atoms with Crippen LogP contribution in [0.15, 0.2) is 6.20 Å². The van der Waals surface area contributed by atoms with Gasteiger partial charge in [-0.3, -0.25) is 0 Å². The lowest BCUT2D eigenvalue weighted by atomic mass is 10.2. The van der Waals surface area contributed by atoms with E-state index in [-0.39, 0.29) is 0 Å². The molecule has 4 heteroatoms. The molecule has 0 atom stereocenters. The Kier molecular flexibility index (Phi) is 5.91. The molecule has 0 saturated heterocycles. The van der Waals surface area contributed by atoms with Gasteiger partial charge in [0, 0.05) is 31.9 Å². The first kappa shape index (κ1) is 13.9. The van der Waals surface area contributed by atoms with E-state index >= 15 is 0 Å². The SMILES string of the molecule is CCCCN(C)c1nc(C)ncc1CNCC. The van der Waals surface area contributed by atoms with Gasteiger partial charge in [0.1, 0.15) is 11.6 Å². The second kappa shape index (κ2) is 7.22. The van der Waals surface area contributed by atoms with Gasteiger partial charge in [0.15, 0.2) is 0 Å². The Morgan fingerprint density at radius 2 is 2.12 bits per heavy atom. The molecular weight excluding hydrogens is 212 g/mol. The van der Waals surface area contributed by atoms with Crippen LogP contribution in [-0.2, 0) is 6.54 Å². The van der Waals surface area contributed by atoms with E-state index in [0.717, 1.165) is 31.3 Å². The van der Waals surface area contributed by atoms with Gasteiger partial charge in [0.2, 0.25) is 0 Å². The van der Waals surface area contributed by atoms with E-state index in [0.29, 0.717) is 0 Å². The molecule has 0 radical (unpaired) electrons. The van der Waals surface area contributed by atoms with Crippen molar-refractivity contribution in [2.75, 3.05) is 25.0 Å². The minimum absolute atomic E-state index is 0.836. The summed E-state index contributed by atoms with van der Waals surface area (Å²) >= 11 is 0. The fraction of sp³-hybridized carbons (Fsp3) is 0.692. The molecule has 0 bridgehead atoms. The average Bonchev–Trinajstić information content (AvgIpc) is 2.34. The third-order valence-electron chi connectivity index (χ3n) is 2.74. The van der Waals surface area contributed by atoms with Crippen LogP contribution >= 0.6 is 0 Å². The predicted molar refractivity (Wildman–Crippen MR) is 72.3 cm³/mol. The van der Waals surface area contributed by atoms with E-state index in [1.807, 2.05) is 13.1 Å². The van der Waals surface area contributed by atoms with Crippen molar-refractivity contribution in [1.82, 2.24) is 15.3 Å². The molecule has 1 aromatic heterocycles. The molecule has 0 amide bonds. The fourth-order valence-electron chi connectivity index (χ4n) is 1.70. The zero-order valence-electron chi connectivity index (χ0n) is 11.5. The third-order valence-corrected chi connectivity index (χ3v) is 2.74. The topological polar surface area (TPSA) is 41.1 Å². The summed E-state index contributed by atoms with van der Waals surface area (Å²) < 4.78 is 0. The number of nitrogens with zero attached hydrogens (tertiary/aromatic N) is 3. The Morgan fingerprint density at radius 1 is 1.35 bits per heavy atom. The highest BCUT2D eigenvalue weighted by Crippen LogP contribution is 2.16. The number of rotatable bonds is 7. The zero-order chi connectivity index (χ0) is 12.7. The summed E-state index contributed by atoms with van der Waals surface area (Å²) in [7, 11) is 2.10. The molecule has 1 heterocycles. The highest BCUT2D eigenvalue weighted by molar-refractivity contribution is 5.45. The average molecular weight is 236 g/mol. The van der Waals surface area contributed by atoms with Crippen LogP contribution in [0.5, 0.6) is 0 Å². The van der Waals surface area contributed by atoms with Gasteiger partial charge in [0.25, 0.3) is 0 Å². The molecule has 96 valence electrons. The molecule has 0 aliphatic rings. The van der Waals surface area contributed by atoms with Crippen molar-refractivity contribution in [1.29, 1.82) is 0 Å². The standard InChI is InChI=1S/C13H24N4/c1-5-7-8-17(4)13-12(9-14-6-2)10-15-11(3)16-13/h10,14H,5-9H2,1-4H3. The molecule has 4 nitrogen and oxygen atoms in total. The number of anilines is 1. The second-order valence-corrected chi connectivity index (χ2v) is 4.32. The molecule has 0 saturated carbocycles. The van der Waals surface area contributed by atoms with Gasteiger partial charge in [-0.25, -0.2) is 9.97 Å². The molecule has 0 aliphatic carbocycles. The van der Waals surface area contributed by atoms with Crippen molar-refractivity contribution < 1.29 is 0 Å². The summed E-state index contributed by atoms with van der Waals surface area (Å²) in [6.07, 6.45) is 4.33. The van der Waals surface area contributed by atoms with E-state index in [4.69, 9.17) is 0 Å². The lowest BCUT2D eigenvalue weighted by molar-refractivity contribution is 0.705. The fourth-order valence-corrected chi connectivity index (χ4v) is 1.70. The highest BCUT2D eigenvalue weighted by atomic mass is 15.2. The molecule has 1 N–H and O–H groups in total. The Balaban J connectivity index is 2.81. The van der Waals surface area contributed by atoms with E-state index in [1.54, 1.807) is 0 Å². The number of aromatic nitrogens is 2. The lowest BCUT2D eigenvalue weighted by Crippen LogP contribution is -2.24. The minimum Gasteiger partial charge on any atom is -0.359 e. The summed E-state index contributed by atoms with van der Waals surface area (Å²) in [5, 5.41) is 3.33. The van der Waals surface area contributed by atoms with Gasteiger partial charge in [-0.05, 0) is 19.9 Å². The first-order valence-corrected chi connectivity index (χ1v) is 6.43. The summed E-state index contributed by atoms with van der Waals surface area (Å²) in [4.78, 5) is 11.1. The van der Waals surface area contributed by atoms with Crippen molar-refractivity contribution >= 4 is 5.82 Å². The highest BCUT2D eigenvalue weighted by Gasteiger charge is 2.09. The summed E-state index contributed by atoms with van der Waals surface area (Å²) in [6.45, 7) is 9.10. The smallest absolute Gasteiger partial charge is 0.136 e. The van der Waals surface area contributed by atoms with Crippen LogP contribution in [0, 0.1) is 6.92 Å². The van der Waals surface area contributed by atoms with Crippen molar-refractivity contribution in [2.24, 2.45) is 0 Å². The van der Waals surface area contributed by atoms with Gasteiger partial charge in [-0.2, -0.15) is 0 Å². The summed E-state index contributed by atoms with van der Waals surface area (Å²) in [6, 6.07) is 0. The van der Waals surface area contributed by atoms with E-state index in [1.165, 1.54) is 18.4 Å². The number of hydrogen-bond acceptors (Lipinski definition) is 4. The van der Waals surface area contributed by atoms with Crippen LogP contribution in [0.25, 0.3) is 0 Å². The van der Waals surface area contributed by atoms with Crippen LogP contribution in [0.1, 0.15) is 38.1 Å². The molecule has 17 heavy (non-hydrogen) atoms. The van der Waals surface area contributed by atoms with Crippen LogP contribution in [0.4, 0.5) is 5.82 Å². The molecule has 0 aromatic carbocycles. The summed E-state index contributed by atoms with van der Waals surface area (Å²) in [5.41, 5.74) is 1.18. The van der Waals surface area contributed by atoms with Crippen molar-refractivity contribution in [2.45, 2.75) is 40.2 Å². The van der Waals surface area contributed by atoms with Crippen LogP contribution in [-0.4, -0.2) is 30.1 Å². The number of nitrogens with one attached hydrogen (secondary N) is 1. The normalized spacial score (nSPS) is 10.6.